The molecule has 0 fully saturated rings. The second-order valence-corrected chi connectivity index (χ2v) is 19.5. The van der Waals surface area contributed by atoms with E-state index in [0.29, 0.717) is 50.9 Å². The molecule has 2 N–H and O–H groups in total. The molecule has 9 rings (SSSR count). The first-order chi connectivity index (χ1) is 35.8. The Labute approximate surface area is 538 Å². The number of rotatable bonds is 14. The Morgan fingerprint density at radius 1 is 0.462 bits per heavy atom. The van der Waals surface area contributed by atoms with Gasteiger partial charge in [0.25, 0.3) is 10.1 Å². The predicted molar refractivity (Wildman–Crippen MR) is 301 cm³/mol. The maximum absolute atomic E-state index is 11.8. The fraction of sp³-hybridized carbons (Fsp3) is 0.102. The molecule has 0 saturated heterocycles. The van der Waals surface area contributed by atoms with Crippen molar-refractivity contribution in [3.05, 3.63) is 245 Å². The number of aryl methyl sites for hydroxylation is 1. The number of Topliss-reactive ketones (excluding diaryl/α,β-unsaturated/α-hetero) is 6. The first-order valence-corrected chi connectivity index (χ1v) is 26.0. The van der Waals surface area contributed by atoms with Crippen molar-refractivity contribution >= 4 is 137 Å². The van der Waals surface area contributed by atoms with Crippen LogP contribution in [0.4, 0.5) is 5.69 Å². The molecule has 8 aromatic rings. The first-order valence-electron chi connectivity index (χ1n) is 23.1. The van der Waals surface area contributed by atoms with E-state index in [9.17, 15) is 54.7 Å². The molecule has 391 valence electrons. The molecule has 2 heterocycles. The van der Waals surface area contributed by atoms with Crippen LogP contribution in [0.5, 0.6) is 0 Å². The zero-order chi connectivity index (χ0) is 54.1. The van der Waals surface area contributed by atoms with Gasteiger partial charge in [-0.05, 0) is 18.6 Å². The van der Waals surface area contributed by atoms with Crippen molar-refractivity contribution in [3.8, 4) is 0 Å². The van der Waals surface area contributed by atoms with Crippen LogP contribution in [0.2, 0.25) is 0 Å². The molecule has 14 nitrogen and oxygen atoms in total. The van der Waals surface area contributed by atoms with Crippen molar-refractivity contribution in [2.75, 3.05) is 18.5 Å². The Balaban J connectivity index is 0.000000273. The summed E-state index contributed by atoms with van der Waals surface area (Å²) in [4.78, 5) is 75.7. The minimum absolute atomic E-state index is 0. The van der Waals surface area contributed by atoms with Crippen LogP contribution < -0.4 is 4.90 Å². The molecule has 0 amide bonds. The summed E-state index contributed by atoms with van der Waals surface area (Å²) in [5.41, 5.74) is 5.11. The van der Waals surface area contributed by atoms with E-state index in [1.54, 1.807) is 164 Å². The number of hydrogen-bond acceptors (Lipinski definition) is 12. The van der Waals surface area contributed by atoms with Crippen LogP contribution in [0.3, 0.4) is 0 Å². The van der Waals surface area contributed by atoms with Gasteiger partial charge in [-0.3, -0.25) is 37.9 Å². The van der Waals surface area contributed by atoms with Crippen LogP contribution >= 0.6 is 0 Å². The second kappa shape index (κ2) is 32.2. The number of nitrogens with zero attached hydrogens (tertiary/aromatic N) is 2. The van der Waals surface area contributed by atoms with Gasteiger partial charge in [-0.1, -0.05) is 200 Å². The topological polar surface area (TPSA) is 227 Å². The molecular formula is C59H52EuN2Na2O12S2. The molecular weight excluding hydrogens is 1190 g/mol. The van der Waals surface area contributed by atoms with Crippen LogP contribution in [0.25, 0.3) is 17.0 Å². The van der Waals surface area contributed by atoms with Crippen molar-refractivity contribution < 1.29 is 104 Å². The Hall–Kier alpha value is -5.09. The molecule has 1 aliphatic heterocycles. The van der Waals surface area contributed by atoms with Gasteiger partial charge in [-0.2, -0.15) is 16.8 Å². The number of ketones is 6. The summed E-state index contributed by atoms with van der Waals surface area (Å²) in [6.07, 6.45) is 3.38. The SMILES string of the molecule is Cc1c(S(=O)(=O)O)c(S(=O)(=O)O)nc2c3c(ccc12)N(C)CC=C3.O=C(CC(=O)c1ccccc1)c1ccccc1.O=C(CC(=O)c1ccccc1)c1ccccc1.O=C(CC(=O)c1ccccc1)c1ccccc1.[Eu].[NaH].[NaH]. The van der Waals surface area contributed by atoms with Gasteiger partial charge in [0.05, 0.1) is 24.8 Å². The van der Waals surface area contributed by atoms with E-state index in [1.165, 1.54) is 6.92 Å². The zero-order valence-electron chi connectivity index (χ0n) is 41.0. The number of pyridine rings is 1. The number of likely N-dealkylation sites (N-methyl/N-ethyl adjacent to an activating group) is 1. The van der Waals surface area contributed by atoms with Crippen molar-refractivity contribution in [3.63, 3.8) is 0 Å². The van der Waals surface area contributed by atoms with Gasteiger partial charge in [0.15, 0.2) is 34.7 Å². The molecule has 0 bridgehead atoms. The molecule has 1 aliphatic rings. The molecule has 0 atom stereocenters. The maximum atomic E-state index is 11.8. The number of anilines is 1. The summed E-state index contributed by atoms with van der Waals surface area (Å²) in [7, 11) is -8.01. The van der Waals surface area contributed by atoms with Gasteiger partial charge >= 0.3 is 69.2 Å². The third-order valence-corrected chi connectivity index (χ3v) is 13.4. The van der Waals surface area contributed by atoms with Crippen LogP contribution in [-0.2, 0) is 20.2 Å². The van der Waals surface area contributed by atoms with E-state index < -0.39 is 30.2 Å². The third-order valence-electron chi connectivity index (χ3n) is 11.5. The molecule has 0 unspecified atom stereocenters. The average molecular weight is 1240 g/mol. The Morgan fingerprint density at radius 3 is 1.00 bits per heavy atom. The van der Waals surface area contributed by atoms with Gasteiger partial charge in [-0.15, -0.1) is 0 Å². The standard InChI is InChI=1S/3C15H12O2.C14H14N2O6S2.Eu.2Na.2H/c3*16-14(12-7-3-1-4-8-12)11-15(17)13-9-5-2-6-10-13;1-8-9-5-6-11-10(4-3-7-16(11)2)12(9)15-14(24(20,21)22)13(8)23(17,18)19;;;;;/h3*1-10H,11H2;3-6H,7H2,1-2H3,(H,17,18,19)(H,20,21,22);;;;;. The van der Waals surface area contributed by atoms with Crippen molar-refractivity contribution in [1.82, 2.24) is 4.98 Å². The molecule has 0 aliphatic carbocycles. The van der Waals surface area contributed by atoms with Crippen molar-refractivity contribution in [1.29, 1.82) is 0 Å². The third kappa shape index (κ3) is 19.3. The van der Waals surface area contributed by atoms with E-state index in [1.807, 2.05) is 54.4 Å². The molecule has 78 heavy (non-hydrogen) atoms. The van der Waals surface area contributed by atoms with Gasteiger partial charge in [0, 0.05) is 113 Å². The summed E-state index contributed by atoms with van der Waals surface area (Å²) >= 11 is 0. The first kappa shape index (κ1) is 67.2. The number of carbonyl (C=O) groups is 6. The number of hydrogen-bond donors (Lipinski definition) is 2. The second-order valence-electron chi connectivity index (χ2n) is 16.8. The van der Waals surface area contributed by atoms with Crippen LogP contribution in [0, 0.1) is 56.3 Å². The van der Waals surface area contributed by atoms with Crippen molar-refractivity contribution in [2.45, 2.75) is 36.1 Å². The van der Waals surface area contributed by atoms with Crippen LogP contribution in [-0.4, -0.2) is 138 Å². The molecule has 0 saturated carbocycles. The van der Waals surface area contributed by atoms with Crippen LogP contribution in [0.15, 0.2) is 210 Å². The van der Waals surface area contributed by atoms with E-state index in [-0.39, 0.29) is 174 Å². The summed E-state index contributed by atoms with van der Waals surface area (Å²) in [5.74, 6) is -0.836. The number of benzene rings is 7. The Morgan fingerprint density at radius 2 is 0.744 bits per heavy atom. The molecule has 0 spiro atoms. The minimum atomic E-state index is -4.96. The fourth-order valence-electron chi connectivity index (χ4n) is 7.65. The number of fused-ring (bicyclic) bond motifs is 3. The summed E-state index contributed by atoms with van der Waals surface area (Å²) in [6, 6.07) is 56.6. The van der Waals surface area contributed by atoms with Gasteiger partial charge in [0.1, 0.15) is 4.90 Å². The normalized spacial score (nSPS) is 11.1. The summed E-state index contributed by atoms with van der Waals surface area (Å²) in [5, 5.41) is -0.709. The van der Waals surface area contributed by atoms with Gasteiger partial charge < -0.3 is 4.90 Å². The van der Waals surface area contributed by atoms with E-state index in [4.69, 9.17) is 0 Å². The molecule has 1 aromatic heterocycles. The van der Waals surface area contributed by atoms with E-state index >= 15 is 0 Å². The summed E-state index contributed by atoms with van der Waals surface area (Å²) < 4.78 is 65.2. The van der Waals surface area contributed by atoms with Gasteiger partial charge in [-0.25, -0.2) is 4.98 Å². The van der Waals surface area contributed by atoms with Gasteiger partial charge in [0.2, 0.25) is 5.03 Å². The molecule has 19 heteroatoms. The monoisotopic (exact) mass is 1240 g/mol. The van der Waals surface area contributed by atoms with Crippen LogP contribution in [0.1, 0.15) is 92.5 Å². The van der Waals surface area contributed by atoms with E-state index in [2.05, 4.69) is 4.98 Å². The molecule has 1 radical (unpaired) electrons. The zero-order valence-corrected chi connectivity index (χ0v) is 45.1. The summed E-state index contributed by atoms with van der Waals surface area (Å²) in [6.45, 7) is 2.01. The number of aromatic nitrogens is 1. The quantitative estimate of drug-likeness (QED) is 0.0447. The Kier molecular flexibility index (Phi) is 27.8. The van der Waals surface area contributed by atoms with Crippen molar-refractivity contribution in [2.24, 2.45) is 0 Å². The predicted octanol–water partition coefficient (Wildman–Crippen LogP) is 9.63. The fourth-order valence-corrected chi connectivity index (χ4v) is 9.64. The van der Waals surface area contributed by atoms with E-state index in [0.717, 1.165) is 5.69 Å². The Bertz CT molecular complexity index is 3230. The number of carbonyl (C=O) groups excluding carboxylic acids is 6. The molecule has 7 aromatic carbocycles. The average Bonchev–Trinajstić information content (AvgIpc) is 3.55.